The van der Waals surface area contributed by atoms with Gasteiger partial charge < -0.3 is 0 Å². The number of hydrogen-bond acceptors (Lipinski definition) is 4. The van der Waals surface area contributed by atoms with Gasteiger partial charge in [0.2, 0.25) is 5.91 Å². The molecule has 1 aliphatic heterocycles. The Hall–Kier alpha value is -1.23. The highest BCUT2D eigenvalue weighted by Gasteiger charge is 2.16. The van der Waals surface area contributed by atoms with Gasteiger partial charge in [0.05, 0.1) is 13.0 Å². The first-order valence-electron chi connectivity index (χ1n) is 4.67. The highest BCUT2D eigenvalue weighted by Crippen LogP contribution is 2.09. The highest BCUT2D eigenvalue weighted by atomic mass is 16.7. The first kappa shape index (κ1) is 10.8. The van der Waals surface area contributed by atoms with Gasteiger partial charge in [0, 0.05) is 12.8 Å². The molecule has 14 heavy (non-hydrogen) atoms. The molecule has 0 aromatic carbocycles. The second-order valence-corrected chi connectivity index (χ2v) is 3.18. The van der Waals surface area contributed by atoms with Crippen molar-refractivity contribution in [1.82, 2.24) is 5.48 Å². The minimum atomic E-state index is -0.170. The standard InChI is InChI=1S/C6H8O2.C3H5NO2/c7-5-3-1-2-4-6(5)8;5-3-1-2-6-4-3/h1-4H2;1-2H2,(H,4,5). The minimum absolute atomic E-state index is 0.0185. The summed E-state index contributed by atoms with van der Waals surface area (Å²) in [7, 11) is 0. The van der Waals surface area contributed by atoms with Gasteiger partial charge in [-0.25, -0.2) is 5.48 Å². The Labute approximate surface area is 81.8 Å². The van der Waals surface area contributed by atoms with E-state index in [1.54, 1.807) is 0 Å². The van der Waals surface area contributed by atoms with Crippen LogP contribution in [0.2, 0.25) is 0 Å². The van der Waals surface area contributed by atoms with E-state index in [0.717, 1.165) is 12.8 Å². The van der Waals surface area contributed by atoms with Crippen LogP contribution in [0.3, 0.4) is 0 Å². The van der Waals surface area contributed by atoms with Crippen LogP contribution in [0.15, 0.2) is 0 Å². The molecular weight excluding hydrogens is 186 g/mol. The molecule has 0 radical (unpaired) electrons. The first-order chi connectivity index (χ1) is 6.70. The highest BCUT2D eigenvalue weighted by molar-refractivity contribution is 6.37. The van der Waals surface area contributed by atoms with E-state index in [1.807, 2.05) is 0 Å². The first-order valence-corrected chi connectivity index (χ1v) is 4.67. The van der Waals surface area contributed by atoms with Crippen LogP contribution in [0.25, 0.3) is 0 Å². The monoisotopic (exact) mass is 199 g/mol. The van der Waals surface area contributed by atoms with Crippen molar-refractivity contribution in [1.29, 1.82) is 0 Å². The van der Waals surface area contributed by atoms with Crippen molar-refractivity contribution in [2.24, 2.45) is 0 Å². The normalized spacial score (nSPS) is 21.3. The summed E-state index contributed by atoms with van der Waals surface area (Å²) in [5.41, 5.74) is 2.18. The number of nitrogens with one attached hydrogen (secondary N) is 1. The molecule has 1 saturated heterocycles. The summed E-state index contributed by atoms with van der Waals surface area (Å²) in [5, 5.41) is 0. The van der Waals surface area contributed by atoms with Gasteiger partial charge in [-0.15, -0.1) is 0 Å². The minimum Gasteiger partial charge on any atom is -0.291 e. The number of carbonyl (C=O) groups excluding carboxylic acids is 3. The van der Waals surface area contributed by atoms with Crippen molar-refractivity contribution < 1.29 is 19.2 Å². The van der Waals surface area contributed by atoms with Crippen LogP contribution in [-0.4, -0.2) is 24.1 Å². The molecule has 78 valence electrons. The van der Waals surface area contributed by atoms with Gasteiger partial charge in [0.25, 0.3) is 0 Å². The molecule has 5 nitrogen and oxygen atoms in total. The third-order valence-electron chi connectivity index (χ3n) is 1.99. The molecule has 0 aromatic rings. The van der Waals surface area contributed by atoms with Crippen LogP contribution in [0.5, 0.6) is 0 Å². The van der Waals surface area contributed by atoms with E-state index in [9.17, 15) is 14.4 Å². The van der Waals surface area contributed by atoms with E-state index in [-0.39, 0.29) is 17.5 Å². The Morgan fingerprint density at radius 1 is 0.929 bits per heavy atom. The number of Topliss-reactive ketones (excluding diaryl/α,β-unsaturated/α-hetero) is 2. The summed E-state index contributed by atoms with van der Waals surface area (Å²) in [4.78, 5) is 35.4. The predicted octanol–water partition coefficient (Wildman–Crippen LogP) is 0.136. The molecule has 0 aromatic heterocycles. The molecule has 2 aliphatic rings. The summed E-state index contributed by atoms with van der Waals surface area (Å²) in [5.74, 6) is -0.359. The van der Waals surface area contributed by atoms with E-state index in [2.05, 4.69) is 10.3 Å². The summed E-state index contributed by atoms with van der Waals surface area (Å²) >= 11 is 0. The quantitative estimate of drug-likeness (QED) is 0.563. The maximum atomic E-state index is 10.4. The Bertz CT molecular complexity index is 225. The Kier molecular flexibility index (Phi) is 4.25. The molecule has 2 rings (SSSR count). The molecule has 0 bridgehead atoms. The summed E-state index contributed by atoms with van der Waals surface area (Å²) in [6, 6.07) is 0. The van der Waals surface area contributed by atoms with Crippen LogP contribution >= 0.6 is 0 Å². The molecule has 1 heterocycles. The van der Waals surface area contributed by atoms with Crippen LogP contribution in [-0.2, 0) is 19.2 Å². The SMILES string of the molecule is O=C1CCCCC1=O.O=C1CCON1. The number of rotatable bonds is 0. The average molecular weight is 199 g/mol. The smallest absolute Gasteiger partial charge is 0.245 e. The fraction of sp³-hybridized carbons (Fsp3) is 0.667. The zero-order chi connectivity index (χ0) is 10.4. The van der Waals surface area contributed by atoms with Crippen LogP contribution in [0, 0.1) is 0 Å². The van der Waals surface area contributed by atoms with Crippen LogP contribution in [0.1, 0.15) is 32.1 Å². The third kappa shape index (κ3) is 3.66. The number of hydrogen-bond donors (Lipinski definition) is 1. The van der Waals surface area contributed by atoms with Gasteiger partial charge in [-0.2, -0.15) is 0 Å². The molecule has 0 atom stereocenters. The van der Waals surface area contributed by atoms with Gasteiger partial charge in [-0.05, 0) is 12.8 Å². The van der Waals surface area contributed by atoms with E-state index >= 15 is 0 Å². The maximum Gasteiger partial charge on any atom is 0.245 e. The molecule has 1 aliphatic carbocycles. The van der Waals surface area contributed by atoms with Crippen molar-refractivity contribution >= 4 is 17.5 Å². The Morgan fingerprint density at radius 2 is 1.50 bits per heavy atom. The van der Waals surface area contributed by atoms with Crippen molar-refractivity contribution in [2.45, 2.75) is 32.1 Å². The van der Waals surface area contributed by atoms with E-state index in [1.165, 1.54) is 0 Å². The van der Waals surface area contributed by atoms with E-state index in [4.69, 9.17) is 0 Å². The number of carbonyl (C=O) groups is 3. The lowest BCUT2D eigenvalue weighted by molar-refractivity contribution is -0.137. The number of hydroxylamine groups is 1. The maximum absolute atomic E-state index is 10.4. The molecule has 5 heteroatoms. The zero-order valence-corrected chi connectivity index (χ0v) is 7.88. The van der Waals surface area contributed by atoms with Gasteiger partial charge >= 0.3 is 0 Å². The Morgan fingerprint density at radius 3 is 1.71 bits per heavy atom. The van der Waals surface area contributed by atoms with Gasteiger partial charge in [0.1, 0.15) is 0 Å². The fourth-order valence-electron chi connectivity index (χ4n) is 1.18. The lowest BCUT2D eigenvalue weighted by Gasteiger charge is -2.04. The summed E-state index contributed by atoms with van der Waals surface area (Å²) in [6.45, 7) is 0.527. The third-order valence-corrected chi connectivity index (χ3v) is 1.99. The van der Waals surface area contributed by atoms with Gasteiger partial charge in [0.15, 0.2) is 11.6 Å². The van der Waals surface area contributed by atoms with Crippen molar-refractivity contribution in [2.75, 3.05) is 6.61 Å². The van der Waals surface area contributed by atoms with Crippen molar-refractivity contribution in [3.05, 3.63) is 0 Å². The van der Waals surface area contributed by atoms with Crippen LogP contribution < -0.4 is 5.48 Å². The lowest BCUT2D eigenvalue weighted by Crippen LogP contribution is -2.17. The Balaban J connectivity index is 0.000000146. The topological polar surface area (TPSA) is 72.5 Å². The molecule has 0 unspecified atom stereocenters. The molecule has 0 spiro atoms. The van der Waals surface area contributed by atoms with E-state index in [0.29, 0.717) is 25.9 Å². The molecule has 1 N–H and O–H groups in total. The second kappa shape index (κ2) is 5.49. The summed E-state index contributed by atoms with van der Waals surface area (Å²) < 4.78 is 0. The van der Waals surface area contributed by atoms with Crippen LogP contribution in [0.4, 0.5) is 0 Å². The largest absolute Gasteiger partial charge is 0.291 e. The number of ketones is 2. The number of amides is 1. The predicted molar refractivity (Wildman–Crippen MR) is 47.2 cm³/mol. The molecular formula is C9H13NO4. The fourth-order valence-corrected chi connectivity index (χ4v) is 1.18. The van der Waals surface area contributed by atoms with Crippen molar-refractivity contribution in [3.63, 3.8) is 0 Å². The molecule has 1 saturated carbocycles. The summed E-state index contributed by atoms with van der Waals surface area (Å²) in [6.07, 6.45) is 3.30. The van der Waals surface area contributed by atoms with Gasteiger partial charge in [-0.3, -0.25) is 19.2 Å². The van der Waals surface area contributed by atoms with Crippen molar-refractivity contribution in [3.8, 4) is 0 Å². The zero-order valence-electron chi connectivity index (χ0n) is 7.88. The second-order valence-electron chi connectivity index (χ2n) is 3.18. The van der Waals surface area contributed by atoms with E-state index < -0.39 is 0 Å². The average Bonchev–Trinajstić information content (AvgIpc) is 2.63. The lowest BCUT2D eigenvalue weighted by atomic mass is 9.98. The molecule has 2 fully saturated rings. The van der Waals surface area contributed by atoms with Gasteiger partial charge in [-0.1, -0.05) is 0 Å². The molecule has 1 amide bonds.